The molecule has 11 heteroatoms. The summed E-state index contributed by atoms with van der Waals surface area (Å²) in [5.41, 5.74) is 3.13. The largest absolute Gasteiger partial charge is 0.497 e. The van der Waals surface area contributed by atoms with Gasteiger partial charge in [-0.3, -0.25) is 9.69 Å². The van der Waals surface area contributed by atoms with Gasteiger partial charge in [-0.05, 0) is 48.7 Å². The van der Waals surface area contributed by atoms with Crippen LogP contribution in [0.2, 0.25) is 0 Å². The zero-order valence-electron chi connectivity index (χ0n) is 23.9. The molecule has 1 amide bonds. The summed E-state index contributed by atoms with van der Waals surface area (Å²) >= 11 is 0. The van der Waals surface area contributed by atoms with Crippen LogP contribution in [0, 0.1) is 6.92 Å². The number of hydrogen-bond donors (Lipinski definition) is 2. The smallest absolute Gasteiger partial charge is 0.231 e. The molecule has 1 fully saturated rings. The van der Waals surface area contributed by atoms with Gasteiger partial charge in [0.2, 0.25) is 12.7 Å². The normalized spacial score (nSPS) is 16.4. The van der Waals surface area contributed by atoms with E-state index in [2.05, 4.69) is 36.1 Å². The number of amides is 1. The van der Waals surface area contributed by atoms with E-state index < -0.39 is 0 Å². The quantitative estimate of drug-likeness (QED) is 0.296. The van der Waals surface area contributed by atoms with Gasteiger partial charge < -0.3 is 29.4 Å². The molecule has 0 spiro atoms. The summed E-state index contributed by atoms with van der Waals surface area (Å²) in [5.74, 6) is 4.41. The molecule has 218 valence electrons. The Morgan fingerprint density at radius 2 is 1.90 bits per heavy atom. The Bertz CT molecular complexity index is 1510. The van der Waals surface area contributed by atoms with Gasteiger partial charge in [-0.2, -0.15) is 0 Å². The number of rotatable bonds is 10. The van der Waals surface area contributed by atoms with Crippen LogP contribution in [0.25, 0.3) is 11.6 Å². The molecule has 0 bridgehead atoms. The summed E-state index contributed by atoms with van der Waals surface area (Å²) < 4.78 is 16.3. The van der Waals surface area contributed by atoms with Crippen LogP contribution in [-0.2, 0) is 17.8 Å². The van der Waals surface area contributed by atoms with Gasteiger partial charge in [0.25, 0.3) is 0 Å². The molecule has 2 aliphatic heterocycles. The highest BCUT2D eigenvalue weighted by atomic mass is 16.7. The molecule has 0 aliphatic carbocycles. The van der Waals surface area contributed by atoms with Crippen LogP contribution >= 0.6 is 0 Å². The highest BCUT2D eigenvalue weighted by Gasteiger charge is 2.30. The van der Waals surface area contributed by atoms with Crippen molar-refractivity contribution in [2.45, 2.75) is 32.4 Å². The highest BCUT2D eigenvalue weighted by molar-refractivity contribution is 5.76. The fourth-order valence-corrected chi connectivity index (χ4v) is 5.41. The third-order valence-electron chi connectivity index (χ3n) is 7.62. The van der Waals surface area contributed by atoms with Crippen LogP contribution in [0.15, 0.2) is 60.9 Å². The van der Waals surface area contributed by atoms with E-state index in [1.54, 1.807) is 19.5 Å². The SMILES string of the molecule is COc1ccc(CCNC(=O)CC2CN(c3cc(C)nc(-c4ncc[nH]4)n3)CCN2Cc2ccc3c(c2)OCO3)cc1. The summed E-state index contributed by atoms with van der Waals surface area (Å²) in [5, 5.41) is 3.13. The number of imidazole rings is 1. The van der Waals surface area contributed by atoms with Crippen molar-refractivity contribution in [3.8, 4) is 28.9 Å². The predicted molar refractivity (Wildman–Crippen MR) is 158 cm³/mol. The topological polar surface area (TPSA) is 118 Å². The van der Waals surface area contributed by atoms with Gasteiger partial charge in [-0.15, -0.1) is 0 Å². The number of H-pyrrole nitrogens is 1. The number of benzene rings is 2. The molecule has 11 nitrogen and oxygen atoms in total. The molecule has 4 heterocycles. The fraction of sp³-hybridized carbons (Fsp3) is 0.355. The molecule has 1 atom stereocenters. The number of carbonyl (C=O) groups is 1. The minimum absolute atomic E-state index is 0.0208. The summed E-state index contributed by atoms with van der Waals surface area (Å²) in [6, 6.07) is 15.9. The van der Waals surface area contributed by atoms with Crippen LogP contribution in [0.5, 0.6) is 17.2 Å². The number of ether oxygens (including phenoxy) is 3. The molecule has 2 aliphatic rings. The van der Waals surface area contributed by atoms with Gasteiger partial charge in [0.1, 0.15) is 11.6 Å². The molecule has 6 rings (SSSR count). The number of fused-ring (bicyclic) bond motifs is 1. The molecular formula is C31H35N7O4. The Balaban J connectivity index is 1.15. The van der Waals surface area contributed by atoms with E-state index in [9.17, 15) is 4.79 Å². The van der Waals surface area contributed by atoms with E-state index >= 15 is 0 Å². The summed E-state index contributed by atoms with van der Waals surface area (Å²) in [6.07, 6.45) is 4.58. The molecule has 2 N–H and O–H groups in total. The second-order valence-electron chi connectivity index (χ2n) is 10.5. The van der Waals surface area contributed by atoms with Crippen molar-refractivity contribution in [1.29, 1.82) is 0 Å². The Morgan fingerprint density at radius 3 is 2.71 bits per heavy atom. The monoisotopic (exact) mass is 569 g/mol. The van der Waals surface area contributed by atoms with Crippen LogP contribution in [0.1, 0.15) is 23.2 Å². The predicted octanol–water partition coefficient (Wildman–Crippen LogP) is 3.35. The summed E-state index contributed by atoms with van der Waals surface area (Å²) in [4.78, 5) is 34.6. The zero-order valence-corrected chi connectivity index (χ0v) is 23.9. The van der Waals surface area contributed by atoms with E-state index in [1.165, 1.54) is 0 Å². The molecule has 1 saturated heterocycles. The molecule has 2 aromatic heterocycles. The molecule has 2 aromatic carbocycles. The van der Waals surface area contributed by atoms with E-state index in [0.29, 0.717) is 37.7 Å². The molecular weight excluding hydrogens is 534 g/mol. The van der Waals surface area contributed by atoms with Crippen LogP contribution in [0.4, 0.5) is 5.82 Å². The van der Waals surface area contributed by atoms with Gasteiger partial charge in [0.15, 0.2) is 23.1 Å². The first-order valence-electron chi connectivity index (χ1n) is 14.2. The van der Waals surface area contributed by atoms with Gasteiger partial charge in [0, 0.05) is 69.3 Å². The lowest BCUT2D eigenvalue weighted by Crippen LogP contribution is -2.54. The number of methoxy groups -OCH3 is 1. The minimum Gasteiger partial charge on any atom is -0.497 e. The van der Waals surface area contributed by atoms with Crippen molar-refractivity contribution >= 4 is 11.7 Å². The Kier molecular flexibility index (Phi) is 8.18. The van der Waals surface area contributed by atoms with E-state index in [0.717, 1.165) is 59.4 Å². The molecule has 42 heavy (non-hydrogen) atoms. The number of carbonyl (C=O) groups excluding carboxylic acids is 1. The van der Waals surface area contributed by atoms with Gasteiger partial charge in [-0.1, -0.05) is 18.2 Å². The van der Waals surface area contributed by atoms with Gasteiger partial charge in [0.05, 0.1) is 7.11 Å². The zero-order chi connectivity index (χ0) is 28.9. The van der Waals surface area contributed by atoms with Crippen molar-refractivity contribution in [3.63, 3.8) is 0 Å². The Morgan fingerprint density at radius 1 is 1.07 bits per heavy atom. The summed E-state index contributed by atoms with van der Waals surface area (Å²) in [6.45, 7) is 5.68. The number of aryl methyl sites for hydroxylation is 1. The Hall–Kier alpha value is -4.64. The standard InChI is InChI=1S/C31H35N7O4/c1-21-15-28(36-31(35-21)30-33-11-12-34-30)38-14-13-37(18-23-5-8-26-27(16-23)42-20-41-26)24(19-38)17-29(39)32-10-9-22-3-6-25(40-2)7-4-22/h3-8,11-12,15-16,24H,9-10,13-14,17-20H2,1-2H3,(H,32,39)(H,33,34). The molecule has 0 saturated carbocycles. The van der Waals surface area contributed by atoms with Crippen molar-refractivity contribution in [3.05, 3.63) is 77.7 Å². The van der Waals surface area contributed by atoms with Crippen LogP contribution in [0.3, 0.4) is 0 Å². The minimum atomic E-state index is -0.0208. The third-order valence-corrected chi connectivity index (χ3v) is 7.62. The first kappa shape index (κ1) is 27.5. The average molecular weight is 570 g/mol. The lowest BCUT2D eigenvalue weighted by atomic mass is 10.1. The van der Waals surface area contributed by atoms with Crippen LogP contribution < -0.4 is 24.4 Å². The lowest BCUT2D eigenvalue weighted by molar-refractivity contribution is -0.122. The second kappa shape index (κ2) is 12.5. The number of nitrogens with one attached hydrogen (secondary N) is 2. The maximum absolute atomic E-state index is 13.2. The van der Waals surface area contributed by atoms with E-state index in [-0.39, 0.29) is 18.7 Å². The number of aromatic nitrogens is 4. The number of hydrogen-bond acceptors (Lipinski definition) is 9. The van der Waals surface area contributed by atoms with Crippen molar-refractivity contribution in [1.82, 2.24) is 30.2 Å². The molecule has 1 unspecified atom stereocenters. The number of anilines is 1. The number of nitrogens with zero attached hydrogens (tertiary/aromatic N) is 5. The molecule has 0 radical (unpaired) electrons. The Labute approximate surface area is 244 Å². The van der Waals surface area contributed by atoms with Gasteiger partial charge in [-0.25, -0.2) is 15.0 Å². The van der Waals surface area contributed by atoms with Gasteiger partial charge >= 0.3 is 0 Å². The second-order valence-corrected chi connectivity index (χ2v) is 10.5. The molecule has 4 aromatic rings. The first-order valence-corrected chi connectivity index (χ1v) is 14.2. The number of aromatic amines is 1. The summed E-state index contributed by atoms with van der Waals surface area (Å²) in [7, 11) is 1.65. The van der Waals surface area contributed by atoms with Crippen molar-refractivity contribution in [2.75, 3.05) is 45.0 Å². The maximum Gasteiger partial charge on any atom is 0.231 e. The number of piperazine rings is 1. The van der Waals surface area contributed by atoms with E-state index in [1.807, 2.05) is 49.4 Å². The van der Waals surface area contributed by atoms with Crippen molar-refractivity contribution < 1.29 is 19.0 Å². The fourth-order valence-electron chi connectivity index (χ4n) is 5.41. The van der Waals surface area contributed by atoms with Crippen LogP contribution in [-0.4, -0.2) is 76.9 Å². The lowest BCUT2D eigenvalue weighted by Gasteiger charge is -2.42. The van der Waals surface area contributed by atoms with E-state index in [4.69, 9.17) is 19.2 Å². The maximum atomic E-state index is 13.2. The third kappa shape index (κ3) is 6.46. The average Bonchev–Trinajstić information content (AvgIpc) is 3.71. The highest BCUT2D eigenvalue weighted by Crippen LogP contribution is 2.33. The first-order chi connectivity index (χ1) is 20.5. The van der Waals surface area contributed by atoms with Crippen molar-refractivity contribution in [2.24, 2.45) is 0 Å².